The highest BCUT2D eigenvalue weighted by Crippen LogP contribution is 2.53. The number of nitrogens with two attached hydrogens (primary N) is 1. The van der Waals surface area contributed by atoms with Gasteiger partial charge in [-0.05, 0) is 67.3 Å². The number of fused-ring (bicyclic) bond motifs is 1. The van der Waals surface area contributed by atoms with Crippen molar-refractivity contribution in [3.63, 3.8) is 0 Å². The summed E-state index contributed by atoms with van der Waals surface area (Å²) in [6, 6.07) is 5.95. The van der Waals surface area contributed by atoms with Crippen molar-refractivity contribution in [2.75, 3.05) is 19.6 Å². The zero-order valence-corrected chi connectivity index (χ0v) is 20.4. The normalized spacial score (nSPS) is 20.9. The van der Waals surface area contributed by atoms with Crippen molar-refractivity contribution < 1.29 is 14.3 Å². The topological polar surface area (TPSA) is 93.5 Å². The van der Waals surface area contributed by atoms with E-state index in [-0.39, 0.29) is 29.6 Å². The van der Waals surface area contributed by atoms with Crippen LogP contribution in [0.25, 0.3) is 6.08 Å². The number of rotatable bonds is 10. The van der Waals surface area contributed by atoms with Crippen LogP contribution in [0.4, 0.5) is 0 Å². The number of benzene rings is 1. The largest absolute Gasteiger partial charge is 0.426 e. The fourth-order valence-corrected chi connectivity index (χ4v) is 5.60. The highest BCUT2D eigenvalue weighted by atomic mass is 16.5. The molecule has 4 rings (SSSR count). The van der Waals surface area contributed by atoms with E-state index in [1.807, 2.05) is 12.1 Å². The number of esters is 1. The van der Waals surface area contributed by atoms with E-state index < -0.39 is 0 Å². The van der Waals surface area contributed by atoms with Crippen LogP contribution in [-0.2, 0) is 15.0 Å². The third kappa shape index (κ3) is 5.12. The van der Waals surface area contributed by atoms with Crippen LogP contribution in [0.5, 0.6) is 5.75 Å². The van der Waals surface area contributed by atoms with E-state index in [1.165, 1.54) is 11.3 Å². The van der Waals surface area contributed by atoms with Gasteiger partial charge >= 0.3 is 5.97 Å². The second-order valence-electron chi connectivity index (χ2n) is 10.1. The lowest BCUT2D eigenvalue weighted by atomic mass is 9.61. The summed E-state index contributed by atoms with van der Waals surface area (Å²) < 4.78 is 5.91. The summed E-state index contributed by atoms with van der Waals surface area (Å²) in [6.45, 7) is 6.15. The zero-order chi connectivity index (χ0) is 24.1. The minimum Gasteiger partial charge on any atom is -0.426 e. The summed E-state index contributed by atoms with van der Waals surface area (Å²) in [5.41, 5.74) is 10.4. The number of hydrogen-bond donors (Lipinski definition) is 3. The Bertz CT molecular complexity index is 1020. The van der Waals surface area contributed by atoms with Crippen LogP contribution in [0.2, 0.25) is 0 Å². The quantitative estimate of drug-likeness (QED) is 0.277. The molecular weight excluding hydrogens is 426 g/mol. The van der Waals surface area contributed by atoms with Gasteiger partial charge in [-0.25, -0.2) is 0 Å². The molecule has 0 aromatic heterocycles. The molecule has 0 radical (unpaired) electrons. The van der Waals surface area contributed by atoms with E-state index in [0.717, 1.165) is 36.9 Å². The molecule has 2 bridgehead atoms. The SMILES string of the molecule is CC(C)C[C@H](CN)CC(=O)NCCCC(=O)Oc1cccc2c1C13CC=CC=C1C(=C2)NCC3. The molecule has 182 valence electrons. The lowest BCUT2D eigenvalue weighted by Crippen LogP contribution is -2.44. The predicted octanol–water partition coefficient (Wildman–Crippen LogP) is 3.97. The minimum absolute atomic E-state index is 0.00105. The molecule has 1 amide bonds. The van der Waals surface area contributed by atoms with Gasteiger partial charge in [0.2, 0.25) is 5.91 Å². The first kappa shape index (κ1) is 24.3. The standard InChI is InChI=1S/C28H37N3O3/c1-19(2)15-20(18-29)16-25(32)31-13-6-10-26(33)34-24-9-5-7-21-17-23-22-8-3-4-11-28(22,27(21)24)12-14-30-23/h3-5,7-9,17,19-20,30H,6,10-16,18,29H2,1-2H3,(H,31,32)/t20-,28?/m0/s1. The second-order valence-corrected chi connectivity index (χ2v) is 10.1. The molecule has 1 aromatic rings. The smallest absolute Gasteiger partial charge is 0.311 e. The molecule has 34 heavy (non-hydrogen) atoms. The van der Waals surface area contributed by atoms with E-state index in [2.05, 4.69) is 54.9 Å². The highest BCUT2D eigenvalue weighted by molar-refractivity contribution is 5.79. The van der Waals surface area contributed by atoms with Crippen molar-refractivity contribution in [2.24, 2.45) is 17.6 Å². The fourth-order valence-electron chi connectivity index (χ4n) is 5.60. The lowest BCUT2D eigenvalue weighted by Gasteiger charge is -2.46. The molecule has 1 aliphatic heterocycles. The molecule has 6 nitrogen and oxygen atoms in total. The van der Waals surface area contributed by atoms with Crippen LogP contribution >= 0.6 is 0 Å². The van der Waals surface area contributed by atoms with Crippen LogP contribution in [0.3, 0.4) is 0 Å². The van der Waals surface area contributed by atoms with Gasteiger partial charge in [0.25, 0.3) is 0 Å². The summed E-state index contributed by atoms with van der Waals surface area (Å²) in [5.74, 6) is 1.11. The Hall–Kier alpha value is -2.86. The third-order valence-electron chi connectivity index (χ3n) is 7.09. The molecular formula is C28H37N3O3. The number of piperidine rings is 1. The predicted molar refractivity (Wildman–Crippen MR) is 135 cm³/mol. The molecule has 1 heterocycles. The van der Waals surface area contributed by atoms with Crippen molar-refractivity contribution in [1.29, 1.82) is 0 Å². The molecule has 1 saturated heterocycles. The maximum absolute atomic E-state index is 12.7. The Balaban J connectivity index is 1.34. The molecule has 2 aliphatic carbocycles. The number of nitrogens with one attached hydrogen (secondary N) is 2. The Morgan fingerprint density at radius 1 is 1.29 bits per heavy atom. The molecule has 3 aliphatic rings. The van der Waals surface area contributed by atoms with Crippen LogP contribution < -0.4 is 21.1 Å². The van der Waals surface area contributed by atoms with E-state index in [0.29, 0.717) is 37.6 Å². The molecule has 2 atom stereocenters. The lowest BCUT2D eigenvalue weighted by molar-refractivity contribution is -0.134. The maximum Gasteiger partial charge on any atom is 0.311 e. The van der Waals surface area contributed by atoms with E-state index in [9.17, 15) is 9.59 Å². The second kappa shape index (κ2) is 10.6. The molecule has 0 spiro atoms. The zero-order valence-electron chi connectivity index (χ0n) is 20.4. The summed E-state index contributed by atoms with van der Waals surface area (Å²) >= 11 is 0. The number of amides is 1. The van der Waals surface area contributed by atoms with Gasteiger partial charge in [0, 0.05) is 42.6 Å². The maximum atomic E-state index is 12.7. The van der Waals surface area contributed by atoms with Crippen molar-refractivity contribution >= 4 is 18.0 Å². The van der Waals surface area contributed by atoms with E-state index >= 15 is 0 Å². The minimum atomic E-state index is -0.265. The Morgan fingerprint density at radius 2 is 2.15 bits per heavy atom. The molecule has 1 fully saturated rings. The van der Waals surface area contributed by atoms with Gasteiger partial charge in [0.1, 0.15) is 5.75 Å². The molecule has 1 aromatic carbocycles. The van der Waals surface area contributed by atoms with Gasteiger partial charge in [-0.2, -0.15) is 0 Å². The average Bonchev–Trinajstić information content (AvgIpc) is 2.81. The fraction of sp³-hybridized carbons (Fsp3) is 0.500. The first-order chi connectivity index (χ1) is 16.4. The number of hydrogen-bond acceptors (Lipinski definition) is 5. The number of carbonyl (C=O) groups is 2. The Morgan fingerprint density at radius 3 is 2.94 bits per heavy atom. The Labute approximate surface area is 202 Å². The van der Waals surface area contributed by atoms with E-state index in [4.69, 9.17) is 10.5 Å². The average molecular weight is 464 g/mol. The number of carbonyl (C=O) groups excluding carboxylic acids is 2. The monoisotopic (exact) mass is 463 g/mol. The van der Waals surface area contributed by atoms with Crippen LogP contribution in [0.1, 0.15) is 63.5 Å². The Kier molecular flexibility index (Phi) is 7.57. The first-order valence-electron chi connectivity index (χ1n) is 12.6. The summed E-state index contributed by atoms with van der Waals surface area (Å²) in [5, 5.41) is 6.45. The molecule has 4 N–H and O–H groups in total. The van der Waals surface area contributed by atoms with Crippen LogP contribution in [0.15, 0.2) is 47.7 Å². The van der Waals surface area contributed by atoms with Gasteiger partial charge in [0.05, 0.1) is 0 Å². The first-order valence-corrected chi connectivity index (χ1v) is 12.6. The van der Waals surface area contributed by atoms with Crippen molar-refractivity contribution in [1.82, 2.24) is 10.6 Å². The summed E-state index contributed by atoms with van der Waals surface area (Å²) in [4.78, 5) is 24.9. The molecule has 1 unspecified atom stereocenters. The van der Waals surface area contributed by atoms with Crippen LogP contribution in [0, 0.1) is 11.8 Å². The summed E-state index contributed by atoms with van der Waals surface area (Å²) in [7, 11) is 0. The van der Waals surface area contributed by atoms with Crippen molar-refractivity contribution in [3.8, 4) is 5.75 Å². The van der Waals surface area contributed by atoms with Gasteiger partial charge in [-0.15, -0.1) is 0 Å². The van der Waals surface area contributed by atoms with Gasteiger partial charge in [-0.1, -0.05) is 44.2 Å². The summed E-state index contributed by atoms with van der Waals surface area (Å²) in [6.07, 6.45) is 12.7. The van der Waals surface area contributed by atoms with Crippen molar-refractivity contribution in [3.05, 3.63) is 58.8 Å². The molecule has 6 heteroatoms. The molecule has 0 saturated carbocycles. The van der Waals surface area contributed by atoms with Crippen molar-refractivity contribution in [2.45, 2.75) is 57.8 Å². The number of ether oxygens (including phenoxy) is 1. The van der Waals surface area contributed by atoms with Gasteiger partial charge < -0.3 is 21.1 Å². The van der Waals surface area contributed by atoms with Gasteiger partial charge in [0.15, 0.2) is 0 Å². The highest BCUT2D eigenvalue weighted by Gasteiger charge is 2.45. The number of allylic oxidation sites excluding steroid dienone is 4. The van der Waals surface area contributed by atoms with E-state index in [1.54, 1.807) is 0 Å². The van der Waals surface area contributed by atoms with Crippen LogP contribution in [-0.4, -0.2) is 31.5 Å². The van der Waals surface area contributed by atoms with Gasteiger partial charge in [-0.3, -0.25) is 9.59 Å². The third-order valence-corrected chi connectivity index (χ3v) is 7.09.